The molecule has 0 saturated heterocycles. The van der Waals surface area contributed by atoms with Crippen LogP contribution in [0.5, 0.6) is 0 Å². The van der Waals surface area contributed by atoms with E-state index in [9.17, 15) is 18.0 Å². The summed E-state index contributed by atoms with van der Waals surface area (Å²) in [7, 11) is 0. The summed E-state index contributed by atoms with van der Waals surface area (Å²) in [5.41, 5.74) is 3.58. The number of hydrogen-bond donors (Lipinski definition) is 1. The molecule has 0 spiro atoms. The number of carbonyl (C=O) groups excluding carboxylic acids is 1. The van der Waals surface area contributed by atoms with Crippen molar-refractivity contribution in [2.24, 2.45) is 5.41 Å². The van der Waals surface area contributed by atoms with Crippen molar-refractivity contribution in [3.63, 3.8) is 0 Å². The molecule has 0 aromatic heterocycles. The molecular weight excluding hydrogens is 437 g/mol. The van der Waals surface area contributed by atoms with E-state index in [0.717, 1.165) is 30.2 Å². The van der Waals surface area contributed by atoms with Crippen molar-refractivity contribution < 1.29 is 18.0 Å². The molecule has 0 bridgehead atoms. The number of alkyl halides is 3. The minimum Gasteiger partial charge on any atom is -0.321 e. The molecule has 1 aliphatic rings. The van der Waals surface area contributed by atoms with Gasteiger partial charge in [0.15, 0.2) is 0 Å². The normalized spacial score (nSPS) is 17.4. The van der Waals surface area contributed by atoms with Gasteiger partial charge in [-0.15, -0.1) is 0 Å². The van der Waals surface area contributed by atoms with Gasteiger partial charge in [-0.25, -0.2) is 0 Å². The van der Waals surface area contributed by atoms with Crippen LogP contribution in [-0.2, 0) is 11.0 Å². The van der Waals surface area contributed by atoms with Crippen LogP contribution in [0.3, 0.4) is 0 Å². The first-order chi connectivity index (χ1) is 15.8. The number of amides is 1. The number of nitrogens with one attached hydrogen (secondary N) is 1. The predicted molar refractivity (Wildman–Crippen MR) is 131 cm³/mol. The molecule has 0 aliphatic heterocycles. The maximum atomic E-state index is 12.8. The first-order valence-electron chi connectivity index (χ1n) is 11.2. The summed E-state index contributed by atoms with van der Waals surface area (Å²) in [5, 5.41) is 11.6. The smallest absolute Gasteiger partial charge is 0.321 e. The van der Waals surface area contributed by atoms with Crippen LogP contribution in [-0.4, -0.2) is 5.91 Å². The Hall–Kier alpha value is -3.33. The highest BCUT2D eigenvalue weighted by Gasteiger charge is 2.31. The fraction of sp³-hybridized carbons (Fsp3) is 0.357. The molecule has 3 nitrogen and oxygen atoms in total. The number of benzene rings is 1. The van der Waals surface area contributed by atoms with Crippen molar-refractivity contribution >= 4 is 11.6 Å². The number of halogens is 3. The maximum Gasteiger partial charge on any atom is 0.416 e. The predicted octanol–water partition coefficient (Wildman–Crippen LogP) is 8.05. The van der Waals surface area contributed by atoms with Crippen LogP contribution in [0.15, 0.2) is 76.9 Å². The average Bonchev–Trinajstić information content (AvgIpc) is 2.72. The molecule has 0 fully saturated rings. The SMILES string of the molecule is CC1=C(/C=C/C(C)=C/C=C/C(C)=C/C(=O)Nc2ccc(C(F)(F)F)cc2C#N)C(C)(C)CCC1. The lowest BCUT2D eigenvalue weighted by atomic mass is 9.72. The summed E-state index contributed by atoms with van der Waals surface area (Å²) >= 11 is 0. The van der Waals surface area contributed by atoms with Crippen LogP contribution in [0.25, 0.3) is 0 Å². The Bertz CT molecular complexity index is 1120. The third-order valence-corrected chi connectivity index (χ3v) is 5.86. The zero-order valence-corrected chi connectivity index (χ0v) is 20.3. The van der Waals surface area contributed by atoms with E-state index >= 15 is 0 Å². The minimum atomic E-state index is -4.56. The lowest BCUT2D eigenvalue weighted by molar-refractivity contribution is -0.137. The zero-order valence-electron chi connectivity index (χ0n) is 20.3. The Balaban J connectivity index is 2.04. The monoisotopic (exact) mass is 468 g/mol. The molecule has 1 aromatic rings. The number of anilines is 1. The molecule has 0 unspecified atom stereocenters. The molecule has 1 N–H and O–H groups in total. The Labute approximate surface area is 200 Å². The van der Waals surface area contributed by atoms with Crippen molar-refractivity contribution in [2.45, 2.75) is 60.1 Å². The van der Waals surface area contributed by atoms with Gasteiger partial charge >= 0.3 is 6.18 Å². The molecule has 34 heavy (non-hydrogen) atoms. The van der Waals surface area contributed by atoms with Gasteiger partial charge in [0.2, 0.25) is 5.91 Å². The Kier molecular flexibility index (Phi) is 8.86. The molecule has 1 aromatic carbocycles. The van der Waals surface area contributed by atoms with Gasteiger partial charge in [0.25, 0.3) is 0 Å². The van der Waals surface area contributed by atoms with E-state index in [1.165, 1.54) is 30.1 Å². The van der Waals surface area contributed by atoms with Crippen molar-refractivity contribution in [1.82, 2.24) is 0 Å². The molecule has 2 rings (SSSR count). The number of nitrogens with zero attached hydrogens (tertiary/aromatic N) is 1. The third-order valence-electron chi connectivity index (χ3n) is 5.86. The number of carbonyl (C=O) groups is 1. The van der Waals surface area contributed by atoms with Gasteiger partial charge in [0.05, 0.1) is 16.8 Å². The first-order valence-corrected chi connectivity index (χ1v) is 11.2. The Morgan fingerprint density at radius 2 is 1.88 bits per heavy atom. The second-order valence-corrected chi connectivity index (χ2v) is 9.28. The number of allylic oxidation sites excluding steroid dienone is 9. The standard InChI is InChI=1S/C28H31F3N2O/c1-19(11-13-24-21(3)10-7-15-27(24,4)5)8-6-9-20(2)16-26(34)33-25-14-12-23(28(29,30)31)17-22(25)18-32/h6,8-9,11-14,16-17H,7,10,15H2,1-5H3,(H,33,34)/b9-6+,13-11+,19-8+,20-16+. The Morgan fingerprint density at radius 3 is 2.50 bits per heavy atom. The fourth-order valence-corrected chi connectivity index (χ4v) is 3.98. The molecule has 0 radical (unpaired) electrons. The average molecular weight is 469 g/mol. The van der Waals surface area contributed by atoms with Crippen LogP contribution < -0.4 is 5.32 Å². The van der Waals surface area contributed by atoms with Gasteiger partial charge in [-0.1, -0.05) is 55.4 Å². The van der Waals surface area contributed by atoms with Crippen LogP contribution in [0.2, 0.25) is 0 Å². The van der Waals surface area contributed by atoms with E-state index in [-0.39, 0.29) is 16.7 Å². The highest BCUT2D eigenvalue weighted by Crippen LogP contribution is 2.40. The van der Waals surface area contributed by atoms with Gasteiger partial charge in [-0.3, -0.25) is 4.79 Å². The molecule has 1 aliphatic carbocycles. The van der Waals surface area contributed by atoms with Gasteiger partial charge in [0.1, 0.15) is 6.07 Å². The van der Waals surface area contributed by atoms with E-state index < -0.39 is 17.6 Å². The Morgan fingerprint density at radius 1 is 1.18 bits per heavy atom. The third kappa shape index (κ3) is 7.62. The largest absolute Gasteiger partial charge is 0.416 e. The quantitative estimate of drug-likeness (QED) is 0.339. The van der Waals surface area contributed by atoms with Gasteiger partial charge < -0.3 is 5.32 Å². The lowest BCUT2D eigenvalue weighted by Crippen LogP contribution is -2.19. The second kappa shape index (κ2) is 11.2. The van der Waals surface area contributed by atoms with Gasteiger partial charge in [-0.2, -0.15) is 18.4 Å². The van der Waals surface area contributed by atoms with Gasteiger partial charge in [0, 0.05) is 6.08 Å². The van der Waals surface area contributed by atoms with Crippen LogP contribution in [0, 0.1) is 16.7 Å². The minimum absolute atomic E-state index is 0.0321. The van der Waals surface area contributed by atoms with E-state index in [1.54, 1.807) is 19.1 Å². The van der Waals surface area contributed by atoms with Crippen molar-refractivity contribution in [3.8, 4) is 6.07 Å². The highest BCUT2D eigenvalue weighted by atomic mass is 19.4. The molecule has 0 atom stereocenters. The summed E-state index contributed by atoms with van der Waals surface area (Å²) in [4.78, 5) is 12.3. The van der Waals surface area contributed by atoms with E-state index in [2.05, 4.69) is 38.2 Å². The number of hydrogen-bond acceptors (Lipinski definition) is 2. The molecule has 0 heterocycles. The van der Waals surface area contributed by atoms with E-state index in [0.29, 0.717) is 5.57 Å². The van der Waals surface area contributed by atoms with E-state index in [4.69, 9.17) is 5.26 Å². The summed E-state index contributed by atoms with van der Waals surface area (Å²) in [6, 6.07) is 4.33. The number of nitriles is 1. The summed E-state index contributed by atoms with van der Waals surface area (Å²) in [6.45, 7) is 10.5. The lowest BCUT2D eigenvalue weighted by Gasteiger charge is -2.32. The topological polar surface area (TPSA) is 52.9 Å². The van der Waals surface area contributed by atoms with Crippen molar-refractivity contribution in [1.29, 1.82) is 5.26 Å². The highest BCUT2D eigenvalue weighted by molar-refractivity contribution is 6.00. The number of rotatable bonds is 6. The summed E-state index contributed by atoms with van der Waals surface area (Å²) in [5.74, 6) is -0.527. The first kappa shape index (κ1) is 26.9. The zero-order chi connectivity index (χ0) is 25.5. The fourth-order valence-electron chi connectivity index (χ4n) is 3.98. The van der Waals surface area contributed by atoms with E-state index in [1.807, 2.05) is 19.1 Å². The molecular formula is C28H31F3N2O. The maximum absolute atomic E-state index is 12.8. The van der Waals surface area contributed by atoms with Crippen molar-refractivity contribution in [2.75, 3.05) is 5.32 Å². The van der Waals surface area contributed by atoms with Crippen LogP contribution >= 0.6 is 0 Å². The van der Waals surface area contributed by atoms with Crippen molar-refractivity contribution in [3.05, 3.63) is 88.1 Å². The summed E-state index contributed by atoms with van der Waals surface area (Å²) in [6.07, 6.45) is 10.2. The molecule has 1 amide bonds. The van der Waals surface area contributed by atoms with Crippen LogP contribution in [0.1, 0.15) is 65.0 Å². The summed E-state index contributed by atoms with van der Waals surface area (Å²) < 4.78 is 38.4. The molecule has 0 saturated carbocycles. The second-order valence-electron chi connectivity index (χ2n) is 9.28. The van der Waals surface area contributed by atoms with Crippen LogP contribution in [0.4, 0.5) is 18.9 Å². The molecule has 6 heteroatoms. The van der Waals surface area contributed by atoms with Gasteiger partial charge in [-0.05, 0) is 74.8 Å². The molecule has 180 valence electrons.